The molecule has 132 valence electrons. The van der Waals surface area contributed by atoms with Crippen molar-refractivity contribution in [3.63, 3.8) is 0 Å². The van der Waals surface area contributed by atoms with Crippen molar-refractivity contribution in [3.8, 4) is 0 Å². The van der Waals surface area contributed by atoms with Gasteiger partial charge in [-0.3, -0.25) is 0 Å². The average Bonchev–Trinajstić information content (AvgIpc) is 2.74. The normalized spacial score (nSPS) is 41.9. The summed E-state index contributed by atoms with van der Waals surface area (Å²) in [6, 6.07) is 0. The Hall–Kier alpha value is -0.120. The number of nitrogens with zero attached hydrogens (tertiary/aromatic N) is 1. The molecule has 0 amide bonds. The third-order valence-corrected chi connectivity index (χ3v) is 7.05. The number of hydrogen-bond acceptors (Lipinski definition) is 3. The lowest BCUT2D eigenvalue weighted by Crippen LogP contribution is -2.48. The van der Waals surface area contributed by atoms with Gasteiger partial charge in [-0.05, 0) is 87.6 Å². The summed E-state index contributed by atoms with van der Waals surface area (Å²) >= 11 is 0. The molecule has 4 saturated carbocycles. The number of ether oxygens (including phenoxy) is 1. The van der Waals surface area contributed by atoms with Gasteiger partial charge in [-0.15, -0.1) is 0 Å². The first-order valence-electron chi connectivity index (χ1n) is 10.2. The molecule has 0 unspecified atom stereocenters. The van der Waals surface area contributed by atoms with Crippen LogP contribution in [0.3, 0.4) is 0 Å². The summed E-state index contributed by atoms with van der Waals surface area (Å²) in [6.45, 7) is 4.57. The Balaban J connectivity index is 1.21. The van der Waals surface area contributed by atoms with E-state index in [2.05, 4.69) is 4.90 Å². The molecule has 1 saturated heterocycles. The van der Waals surface area contributed by atoms with Crippen LogP contribution >= 0.6 is 0 Å². The van der Waals surface area contributed by atoms with E-state index in [1.165, 1.54) is 64.2 Å². The van der Waals surface area contributed by atoms with E-state index in [0.29, 0.717) is 12.0 Å². The standard InChI is InChI=1S/C20H35NO2/c22-19(13-21-5-3-1-2-4-6-21)14-23-15-20-10-16-7-17(11-20)9-18(8-16)12-20/h16-19,22H,1-15H2/t16?,17?,18?,19-,20?/m0/s1. The van der Waals surface area contributed by atoms with Crippen molar-refractivity contribution >= 4 is 0 Å². The van der Waals surface area contributed by atoms with E-state index < -0.39 is 0 Å². The van der Waals surface area contributed by atoms with Crippen molar-refractivity contribution in [3.05, 3.63) is 0 Å². The molecule has 5 fully saturated rings. The van der Waals surface area contributed by atoms with Crippen molar-refractivity contribution in [2.45, 2.75) is 70.3 Å². The van der Waals surface area contributed by atoms with Gasteiger partial charge >= 0.3 is 0 Å². The number of likely N-dealkylation sites (tertiary alicyclic amines) is 1. The molecule has 3 nitrogen and oxygen atoms in total. The molecule has 0 aromatic rings. The summed E-state index contributed by atoms with van der Waals surface area (Å²) in [5.41, 5.74) is 0.483. The summed E-state index contributed by atoms with van der Waals surface area (Å²) < 4.78 is 6.08. The quantitative estimate of drug-likeness (QED) is 0.813. The van der Waals surface area contributed by atoms with E-state index in [1.807, 2.05) is 0 Å². The van der Waals surface area contributed by atoms with Crippen LogP contribution in [-0.4, -0.2) is 49.0 Å². The third-order valence-electron chi connectivity index (χ3n) is 7.05. The van der Waals surface area contributed by atoms with Gasteiger partial charge in [0.05, 0.1) is 19.3 Å². The van der Waals surface area contributed by atoms with Crippen LogP contribution in [0.5, 0.6) is 0 Å². The Bertz CT molecular complexity index is 354. The van der Waals surface area contributed by atoms with Gasteiger partial charge in [0.1, 0.15) is 0 Å². The van der Waals surface area contributed by atoms with Gasteiger partial charge in [0.15, 0.2) is 0 Å². The van der Waals surface area contributed by atoms with Crippen LogP contribution in [0.1, 0.15) is 64.2 Å². The summed E-state index contributed by atoms with van der Waals surface area (Å²) in [4.78, 5) is 2.44. The number of β-amino-alcohol motifs (C(OH)–C–C–N with tert-alkyl or cyclic N) is 1. The predicted molar refractivity (Wildman–Crippen MR) is 92.3 cm³/mol. The molecular weight excluding hydrogens is 286 g/mol. The number of aliphatic hydroxyl groups is 1. The Morgan fingerprint density at radius 3 is 2.04 bits per heavy atom. The number of rotatable bonds is 6. The molecule has 4 bridgehead atoms. The smallest absolute Gasteiger partial charge is 0.0900 e. The van der Waals surface area contributed by atoms with Gasteiger partial charge in [-0.1, -0.05) is 12.8 Å². The molecule has 1 heterocycles. The summed E-state index contributed by atoms with van der Waals surface area (Å²) in [7, 11) is 0. The lowest BCUT2D eigenvalue weighted by Gasteiger charge is -2.56. The first kappa shape index (κ1) is 16.4. The minimum Gasteiger partial charge on any atom is -0.389 e. The monoisotopic (exact) mass is 321 g/mol. The highest BCUT2D eigenvalue weighted by atomic mass is 16.5. The SMILES string of the molecule is O[C@H](COCC12CC3CC(CC(C3)C1)C2)CN1CCCCCC1. The van der Waals surface area contributed by atoms with Crippen molar-refractivity contribution in [1.82, 2.24) is 4.90 Å². The molecular formula is C20H35NO2. The molecule has 5 aliphatic rings. The van der Waals surface area contributed by atoms with Crippen molar-refractivity contribution in [1.29, 1.82) is 0 Å². The topological polar surface area (TPSA) is 32.7 Å². The molecule has 4 aliphatic carbocycles. The summed E-state index contributed by atoms with van der Waals surface area (Å²) in [5.74, 6) is 2.98. The highest BCUT2D eigenvalue weighted by Crippen LogP contribution is 2.60. The maximum Gasteiger partial charge on any atom is 0.0900 e. The third kappa shape index (κ3) is 3.93. The minimum absolute atomic E-state index is 0.304. The molecule has 0 aromatic heterocycles. The highest BCUT2D eigenvalue weighted by molar-refractivity contribution is 5.01. The first-order chi connectivity index (χ1) is 11.2. The maximum atomic E-state index is 10.3. The highest BCUT2D eigenvalue weighted by Gasteiger charge is 2.50. The summed E-state index contributed by atoms with van der Waals surface area (Å²) in [6.07, 6.45) is 13.7. The van der Waals surface area contributed by atoms with E-state index in [9.17, 15) is 5.11 Å². The van der Waals surface area contributed by atoms with E-state index in [1.54, 1.807) is 0 Å². The van der Waals surface area contributed by atoms with Gasteiger partial charge in [-0.25, -0.2) is 0 Å². The van der Waals surface area contributed by atoms with Crippen LogP contribution in [0.15, 0.2) is 0 Å². The lowest BCUT2D eigenvalue weighted by molar-refractivity contribution is -0.107. The molecule has 1 atom stereocenters. The van der Waals surface area contributed by atoms with Crippen molar-refractivity contribution in [2.75, 3.05) is 32.8 Å². The van der Waals surface area contributed by atoms with Gasteiger partial charge in [0.2, 0.25) is 0 Å². The van der Waals surface area contributed by atoms with Crippen molar-refractivity contribution in [2.24, 2.45) is 23.2 Å². The molecule has 23 heavy (non-hydrogen) atoms. The lowest BCUT2D eigenvalue weighted by atomic mass is 9.50. The first-order valence-corrected chi connectivity index (χ1v) is 10.2. The molecule has 1 aliphatic heterocycles. The number of aliphatic hydroxyl groups excluding tert-OH is 1. The Kier molecular flexibility index (Phi) is 4.99. The van der Waals surface area contributed by atoms with Crippen LogP contribution in [0.25, 0.3) is 0 Å². The van der Waals surface area contributed by atoms with Gasteiger partial charge in [0.25, 0.3) is 0 Å². The number of hydrogen-bond donors (Lipinski definition) is 1. The van der Waals surface area contributed by atoms with E-state index in [4.69, 9.17) is 4.74 Å². The van der Waals surface area contributed by atoms with Crippen LogP contribution in [0.2, 0.25) is 0 Å². The van der Waals surface area contributed by atoms with E-state index >= 15 is 0 Å². The molecule has 5 rings (SSSR count). The van der Waals surface area contributed by atoms with E-state index in [-0.39, 0.29) is 6.10 Å². The minimum atomic E-state index is -0.304. The van der Waals surface area contributed by atoms with Gasteiger partial charge in [-0.2, -0.15) is 0 Å². The largest absolute Gasteiger partial charge is 0.389 e. The van der Waals surface area contributed by atoms with Crippen LogP contribution in [0.4, 0.5) is 0 Å². The zero-order chi connectivity index (χ0) is 15.7. The van der Waals surface area contributed by atoms with Crippen LogP contribution < -0.4 is 0 Å². The molecule has 0 radical (unpaired) electrons. The summed E-state index contributed by atoms with van der Waals surface area (Å²) in [5, 5.41) is 10.3. The fourth-order valence-corrected chi connectivity index (χ4v) is 6.55. The van der Waals surface area contributed by atoms with Gasteiger partial charge < -0.3 is 14.7 Å². The second kappa shape index (κ2) is 7.01. The van der Waals surface area contributed by atoms with E-state index in [0.717, 1.165) is 44.0 Å². The second-order valence-electron chi connectivity index (χ2n) is 9.30. The average molecular weight is 322 g/mol. The maximum absolute atomic E-state index is 10.3. The van der Waals surface area contributed by atoms with Gasteiger partial charge in [0, 0.05) is 6.54 Å². The Labute approximate surface area is 141 Å². The molecule has 1 N–H and O–H groups in total. The molecule has 0 aromatic carbocycles. The zero-order valence-electron chi connectivity index (χ0n) is 14.7. The fourth-order valence-electron chi connectivity index (χ4n) is 6.55. The Morgan fingerprint density at radius 1 is 0.913 bits per heavy atom. The van der Waals surface area contributed by atoms with Crippen LogP contribution in [0, 0.1) is 23.2 Å². The molecule has 0 spiro atoms. The zero-order valence-corrected chi connectivity index (χ0v) is 14.7. The Morgan fingerprint density at radius 2 is 1.48 bits per heavy atom. The predicted octanol–water partition coefficient (Wildman–Crippen LogP) is 3.46. The fraction of sp³-hybridized carbons (Fsp3) is 1.00. The van der Waals surface area contributed by atoms with Crippen molar-refractivity contribution < 1.29 is 9.84 Å². The molecule has 3 heteroatoms. The van der Waals surface area contributed by atoms with Crippen LogP contribution in [-0.2, 0) is 4.74 Å². The second-order valence-corrected chi connectivity index (χ2v) is 9.30.